The van der Waals surface area contributed by atoms with E-state index < -0.39 is 21.6 Å². The molecule has 21 heavy (non-hydrogen) atoms. The van der Waals surface area contributed by atoms with Crippen molar-refractivity contribution in [2.24, 2.45) is 0 Å². The van der Waals surface area contributed by atoms with Crippen molar-refractivity contribution in [2.75, 3.05) is 62.3 Å². The van der Waals surface area contributed by atoms with Crippen molar-refractivity contribution >= 4 is 33.4 Å². The Kier molecular flexibility index (Phi) is 6.31. The SMILES string of the molecule is O=C(CNCC(=O)N1CCS(=O)CC1)N1CCS(=O)CC1. The number of carbonyl (C=O) groups is 2. The Bertz CT molecular complexity index is 398. The third-order valence-electron chi connectivity index (χ3n) is 3.61. The van der Waals surface area contributed by atoms with Gasteiger partial charge in [-0.15, -0.1) is 0 Å². The van der Waals surface area contributed by atoms with E-state index in [0.29, 0.717) is 49.2 Å². The molecule has 0 aromatic rings. The van der Waals surface area contributed by atoms with E-state index >= 15 is 0 Å². The zero-order chi connectivity index (χ0) is 15.2. The van der Waals surface area contributed by atoms with Crippen molar-refractivity contribution < 1.29 is 18.0 Å². The molecule has 2 fully saturated rings. The minimum atomic E-state index is -0.797. The van der Waals surface area contributed by atoms with E-state index in [1.165, 1.54) is 0 Å². The van der Waals surface area contributed by atoms with Crippen molar-refractivity contribution in [2.45, 2.75) is 0 Å². The molecule has 2 aliphatic rings. The first kappa shape index (κ1) is 16.6. The molecule has 2 rings (SSSR count). The topological polar surface area (TPSA) is 86.8 Å². The molecule has 0 saturated carbocycles. The molecule has 7 nitrogen and oxygen atoms in total. The second-order valence-electron chi connectivity index (χ2n) is 5.06. The van der Waals surface area contributed by atoms with Gasteiger partial charge in [-0.3, -0.25) is 23.3 Å². The maximum Gasteiger partial charge on any atom is 0.236 e. The standard InChI is InChI=1S/C12H21N3O4S2/c16-11(14-1-5-20(18)6-2-14)9-13-10-12(17)15-3-7-21(19)8-4-15/h13H,1-10H2. The van der Waals surface area contributed by atoms with Gasteiger partial charge in [-0.05, 0) is 0 Å². The molecular weight excluding hydrogens is 314 g/mol. The van der Waals surface area contributed by atoms with Crippen LogP contribution < -0.4 is 5.32 Å². The van der Waals surface area contributed by atoms with Gasteiger partial charge in [-0.2, -0.15) is 0 Å². The fraction of sp³-hybridized carbons (Fsp3) is 0.833. The molecule has 0 aliphatic carbocycles. The zero-order valence-electron chi connectivity index (χ0n) is 11.9. The van der Waals surface area contributed by atoms with Crippen LogP contribution in [0.5, 0.6) is 0 Å². The molecule has 2 amide bonds. The van der Waals surface area contributed by atoms with Crippen LogP contribution in [0, 0.1) is 0 Å². The van der Waals surface area contributed by atoms with Gasteiger partial charge >= 0.3 is 0 Å². The highest BCUT2D eigenvalue weighted by molar-refractivity contribution is 7.85. The summed E-state index contributed by atoms with van der Waals surface area (Å²) in [5, 5.41) is 2.87. The van der Waals surface area contributed by atoms with Gasteiger partial charge < -0.3 is 9.80 Å². The van der Waals surface area contributed by atoms with Crippen LogP contribution in [-0.4, -0.2) is 92.3 Å². The van der Waals surface area contributed by atoms with Crippen LogP contribution in [0.25, 0.3) is 0 Å². The van der Waals surface area contributed by atoms with Gasteiger partial charge in [0.2, 0.25) is 11.8 Å². The average Bonchev–Trinajstić information content (AvgIpc) is 2.48. The smallest absolute Gasteiger partial charge is 0.236 e. The van der Waals surface area contributed by atoms with E-state index in [2.05, 4.69) is 5.32 Å². The molecule has 0 spiro atoms. The number of carbonyl (C=O) groups excluding carboxylic acids is 2. The van der Waals surface area contributed by atoms with Crippen LogP contribution in [0.3, 0.4) is 0 Å². The van der Waals surface area contributed by atoms with Gasteiger partial charge in [0.05, 0.1) is 13.1 Å². The molecule has 2 aliphatic heterocycles. The van der Waals surface area contributed by atoms with Gasteiger partial charge in [0.25, 0.3) is 0 Å². The summed E-state index contributed by atoms with van der Waals surface area (Å²) in [6.45, 7) is 2.35. The minimum Gasteiger partial charge on any atom is -0.340 e. The number of rotatable bonds is 4. The molecule has 0 atom stereocenters. The Morgan fingerprint density at radius 2 is 1.10 bits per heavy atom. The van der Waals surface area contributed by atoms with Gasteiger partial charge in [0.15, 0.2) is 0 Å². The van der Waals surface area contributed by atoms with Gasteiger partial charge in [0.1, 0.15) is 0 Å². The number of hydrogen-bond acceptors (Lipinski definition) is 5. The first-order chi connectivity index (χ1) is 10.1. The molecule has 0 aromatic heterocycles. The molecule has 0 bridgehead atoms. The summed E-state index contributed by atoms with van der Waals surface area (Å²) in [7, 11) is -1.59. The minimum absolute atomic E-state index is 0.0563. The van der Waals surface area contributed by atoms with E-state index in [4.69, 9.17) is 0 Å². The van der Waals surface area contributed by atoms with Crippen molar-refractivity contribution in [3.63, 3.8) is 0 Å². The second kappa shape index (κ2) is 8.00. The van der Waals surface area contributed by atoms with Crippen LogP contribution in [0.1, 0.15) is 0 Å². The Hall–Kier alpha value is -0.800. The maximum absolute atomic E-state index is 11.9. The van der Waals surface area contributed by atoms with E-state index in [9.17, 15) is 18.0 Å². The lowest BCUT2D eigenvalue weighted by molar-refractivity contribution is -0.131. The quantitative estimate of drug-likeness (QED) is 0.628. The van der Waals surface area contributed by atoms with E-state index in [-0.39, 0.29) is 24.9 Å². The lowest BCUT2D eigenvalue weighted by atomic mass is 10.4. The Morgan fingerprint density at radius 1 is 0.762 bits per heavy atom. The molecule has 1 N–H and O–H groups in total. The Balaban J connectivity index is 1.64. The number of nitrogens with zero attached hydrogens (tertiary/aromatic N) is 2. The summed E-state index contributed by atoms with van der Waals surface area (Å²) < 4.78 is 22.4. The largest absolute Gasteiger partial charge is 0.340 e. The highest BCUT2D eigenvalue weighted by Gasteiger charge is 2.22. The van der Waals surface area contributed by atoms with Crippen LogP contribution in [0.4, 0.5) is 0 Å². The normalized spacial score (nSPS) is 21.5. The predicted molar refractivity (Wildman–Crippen MR) is 81.8 cm³/mol. The van der Waals surface area contributed by atoms with Crippen LogP contribution in [0.2, 0.25) is 0 Å². The van der Waals surface area contributed by atoms with Crippen molar-refractivity contribution in [3.05, 3.63) is 0 Å². The highest BCUT2D eigenvalue weighted by Crippen LogP contribution is 2.01. The van der Waals surface area contributed by atoms with Crippen molar-refractivity contribution in [1.82, 2.24) is 15.1 Å². The van der Waals surface area contributed by atoms with Gasteiger partial charge in [-0.25, -0.2) is 0 Å². The first-order valence-corrected chi connectivity index (χ1v) is 10.00. The number of hydrogen-bond donors (Lipinski definition) is 1. The summed E-state index contributed by atoms with van der Waals surface area (Å²) in [5.41, 5.74) is 0. The molecule has 2 saturated heterocycles. The number of amides is 2. The fourth-order valence-electron chi connectivity index (χ4n) is 2.27. The van der Waals surface area contributed by atoms with E-state index in [1.54, 1.807) is 9.80 Å². The molecule has 9 heteroatoms. The summed E-state index contributed by atoms with van der Waals surface area (Å²) in [5.74, 6) is 2.04. The van der Waals surface area contributed by atoms with E-state index in [0.717, 1.165) is 0 Å². The zero-order valence-corrected chi connectivity index (χ0v) is 13.5. The van der Waals surface area contributed by atoms with Gasteiger partial charge in [-0.1, -0.05) is 0 Å². The van der Waals surface area contributed by atoms with Crippen LogP contribution in [-0.2, 0) is 31.2 Å². The average molecular weight is 335 g/mol. The monoisotopic (exact) mass is 335 g/mol. The van der Waals surface area contributed by atoms with Gasteiger partial charge in [0, 0.05) is 70.8 Å². The van der Waals surface area contributed by atoms with Crippen LogP contribution in [0.15, 0.2) is 0 Å². The fourth-order valence-corrected chi connectivity index (χ4v) is 4.38. The Morgan fingerprint density at radius 3 is 1.43 bits per heavy atom. The third-order valence-corrected chi connectivity index (χ3v) is 6.17. The molecule has 0 aromatic carbocycles. The predicted octanol–water partition coefficient (Wildman–Crippen LogP) is -2.24. The third kappa shape index (κ3) is 5.15. The molecule has 0 radical (unpaired) electrons. The molecule has 0 unspecified atom stereocenters. The van der Waals surface area contributed by atoms with Crippen molar-refractivity contribution in [1.29, 1.82) is 0 Å². The molecule has 2 heterocycles. The second-order valence-corrected chi connectivity index (χ2v) is 8.45. The lowest BCUT2D eigenvalue weighted by Crippen LogP contribution is -2.48. The highest BCUT2D eigenvalue weighted by atomic mass is 32.2. The first-order valence-electron chi connectivity index (χ1n) is 7.02. The number of nitrogens with one attached hydrogen (secondary N) is 1. The Labute approximate surface area is 129 Å². The summed E-state index contributed by atoms with van der Waals surface area (Å²) >= 11 is 0. The van der Waals surface area contributed by atoms with Crippen molar-refractivity contribution in [3.8, 4) is 0 Å². The van der Waals surface area contributed by atoms with Crippen LogP contribution >= 0.6 is 0 Å². The maximum atomic E-state index is 11.9. The lowest BCUT2D eigenvalue weighted by Gasteiger charge is -2.28. The summed E-state index contributed by atoms with van der Waals surface area (Å²) in [6, 6.07) is 0. The summed E-state index contributed by atoms with van der Waals surface area (Å²) in [4.78, 5) is 27.2. The molecule has 120 valence electrons. The van der Waals surface area contributed by atoms with E-state index in [1.807, 2.05) is 0 Å². The molecular formula is C12H21N3O4S2. The summed E-state index contributed by atoms with van der Waals surface area (Å²) in [6.07, 6.45) is 0.